The molecular weight excluding hydrogens is 253 g/mol. The van der Waals surface area contributed by atoms with Crippen LogP contribution in [0.25, 0.3) is 0 Å². The average Bonchev–Trinajstić information content (AvgIpc) is 2.85. The van der Waals surface area contributed by atoms with Gasteiger partial charge in [-0.25, -0.2) is 0 Å². The molecule has 0 bridgehead atoms. The van der Waals surface area contributed by atoms with E-state index in [1.807, 2.05) is 18.5 Å². The Bertz CT molecular complexity index is 440. The molecule has 19 heavy (non-hydrogen) atoms. The predicted molar refractivity (Wildman–Crippen MR) is 68.3 cm³/mol. The zero-order chi connectivity index (χ0) is 14.2. The molecule has 2 nitrogen and oxygen atoms in total. The van der Waals surface area contributed by atoms with Crippen LogP contribution in [0.1, 0.15) is 68.4 Å². The molecule has 1 aliphatic rings. The number of aromatic nitrogens is 2. The van der Waals surface area contributed by atoms with Gasteiger partial charge in [0, 0.05) is 5.69 Å². The molecule has 0 spiro atoms. The smallest absolute Gasteiger partial charge is 0.266 e. The summed E-state index contributed by atoms with van der Waals surface area (Å²) in [7, 11) is 0. The second-order valence-electron chi connectivity index (χ2n) is 5.79. The fourth-order valence-corrected chi connectivity index (χ4v) is 3.06. The molecular formula is C14H21F3N2. The van der Waals surface area contributed by atoms with E-state index in [0.29, 0.717) is 0 Å². The third-order valence-electron chi connectivity index (χ3n) is 3.88. The van der Waals surface area contributed by atoms with Gasteiger partial charge >= 0.3 is 6.18 Å². The predicted octanol–water partition coefficient (Wildman–Crippen LogP) is 4.53. The summed E-state index contributed by atoms with van der Waals surface area (Å²) in [6, 6.07) is 0.290. The Hall–Kier alpha value is -1.00. The first-order chi connectivity index (χ1) is 8.79. The standard InChI is InChI=1S/C14H21F3N2/c1-9(2)13-10(3)12(8-14(15,16)17)18-19(13)11-6-4-5-7-11/h9,11H,4-8H2,1-3H3. The lowest BCUT2D eigenvalue weighted by molar-refractivity contribution is -0.128. The first-order valence-electron chi connectivity index (χ1n) is 6.94. The van der Waals surface area contributed by atoms with Gasteiger partial charge in [-0.15, -0.1) is 0 Å². The molecule has 0 saturated heterocycles. The molecule has 0 aliphatic heterocycles. The van der Waals surface area contributed by atoms with Gasteiger partial charge in [-0.2, -0.15) is 18.3 Å². The molecule has 108 valence electrons. The fraction of sp³-hybridized carbons (Fsp3) is 0.786. The number of rotatable bonds is 3. The van der Waals surface area contributed by atoms with E-state index in [4.69, 9.17) is 0 Å². The van der Waals surface area contributed by atoms with Crippen LogP contribution in [0.15, 0.2) is 0 Å². The number of alkyl halides is 3. The van der Waals surface area contributed by atoms with Crippen LogP contribution in [0.3, 0.4) is 0 Å². The molecule has 1 aliphatic carbocycles. The number of hydrogen-bond donors (Lipinski definition) is 0. The van der Waals surface area contributed by atoms with Gasteiger partial charge in [0.2, 0.25) is 0 Å². The highest BCUT2D eigenvalue weighted by atomic mass is 19.4. The molecule has 0 aromatic carbocycles. The monoisotopic (exact) mass is 274 g/mol. The van der Waals surface area contributed by atoms with Crippen LogP contribution in [0.2, 0.25) is 0 Å². The van der Waals surface area contributed by atoms with E-state index in [1.165, 1.54) is 0 Å². The summed E-state index contributed by atoms with van der Waals surface area (Å²) in [5.74, 6) is 0.204. The zero-order valence-electron chi connectivity index (χ0n) is 11.7. The molecule has 1 saturated carbocycles. The minimum Gasteiger partial charge on any atom is -0.266 e. The topological polar surface area (TPSA) is 17.8 Å². The van der Waals surface area contributed by atoms with Gasteiger partial charge in [-0.3, -0.25) is 4.68 Å². The summed E-state index contributed by atoms with van der Waals surface area (Å²) >= 11 is 0. The van der Waals surface area contributed by atoms with Gasteiger partial charge in [0.1, 0.15) is 0 Å². The van der Waals surface area contributed by atoms with Crippen LogP contribution in [-0.4, -0.2) is 16.0 Å². The van der Waals surface area contributed by atoms with Gasteiger partial charge in [0.15, 0.2) is 0 Å². The number of halogens is 3. The third-order valence-corrected chi connectivity index (χ3v) is 3.88. The van der Waals surface area contributed by atoms with E-state index in [2.05, 4.69) is 5.10 Å². The van der Waals surface area contributed by atoms with Crippen LogP contribution < -0.4 is 0 Å². The van der Waals surface area contributed by atoms with Crippen molar-refractivity contribution in [2.24, 2.45) is 0 Å². The molecule has 1 fully saturated rings. The molecule has 2 rings (SSSR count). The lowest BCUT2D eigenvalue weighted by Crippen LogP contribution is -2.14. The average molecular weight is 274 g/mol. The van der Waals surface area contributed by atoms with Gasteiger partial charge in [0.25, 0.3) is 0 Å². The Labute approximate surface area is 112 Å². The molecule has 1 aromatic rings. The Morgan fingerprint density at radius 3 is 2.32 bits per heavy atom. The lowest BCUT2D eigenvalue weighted by atomic mass is 10.0. The lowest BCUT2D eigenvalue weighted by Gasteiger charge is -2.17. The van der Waals surface area contributed by atoms with Crippen molar-refractivity contribution in [3.05, 3.63) is 17.0 Å². The second kappa shape index (κ2) is 5.17. The molecule has 1 heterocycles. The van der Waals surface area contributed by atoms with E-state index < -0.39 is 12.6 Å². The minimum absolute atomic E-state index is 0.197. The Balaban J connectivity index is 2.38. The summed E-state index contributed by atoms with van der Waals surface area (Å²) < 4.78 is 39.7. The molecule has 0 amide bonds. The second-order valence-corrected chi connectivity index (χ2v) is 5.79. The van der Waals surface area contributed by atoms with E-state index in [9.17, 15) is 13.2 Å². The van der Waals surface area contributed by atoms with Gasteiger partial charge in [0.05, 0.1) is 18.2 Å². The van der Waals surface area contributed by atoms with E-state index >= 15 is 0 Å². The largest absolute Gasteiger partial charge is 0.394 e. The Kier molecular flexibility index (Phi) is 3.92. The van der Waals surface area contributed by atoms with Crippen molar-refractivity contribution in [3.63, 3.8) is 0 Å². The van der Waals surface area contributed by atoms with Crippen molar-refractivity contribution in [2.45, 2.75) is 71.0 Å². The molecule has 0 atom stereocenters. The summed E-state index contributed by atoms with van der Waals surface area (Å²) in [5, 5.41) is 4.30. The maximum Gasteiger partial charge on any atom is 0.394 e. The van der Waals surface area contributed by atoms with Crippen LogP contribution >= 0.6 is 0 Å². The molecule has 1 aromatic heterocycles. The maximum atomic E-state index is 12.6. The highest BCUT2D eigenvalue weighted by molar-refractivity contribution is 5.28. The normalized spacial score (nSPS) is 17.6. The van der Waals surface area contributed by atoms with Crippen LogP contribution in [-0.2, 0) is 6.42 Å². The highest BCUT2D eigenvalue weighted by Gasteiger charge is 2.33. The number of nitrogens with zero attached hydrogens (tertiary/aromatic N) is 2. The maximum absolute atomic E-state index is 12.6. The fourth-order valence-electron chi connectivity index (χ4n) is 3.06. The van der Waals surface area contributed by atoms with Crippen LogP contribution in [0.5, 0.6) is 0 Å². The van der Waals surface area contributed by atoms with Crippen LogP contribution in [0.4, 0.5) is 13.2 Å². The summed E-state index contributed by atoms with van der Waals surface area (Å²) in [6.45, 7) is 5.81. The van der Waals surface area contributed by atoms with E-state index in [0.717, 1.165) is 36.9 Å². The van der Waals surface area contributed by atoms with Crippen molar-refractivity contribution in [2.75, 3.05) is 0 Å². The SMILES string of the molecule is Cc1c(CC(F)(F)F)nn(C2CCCC2)c1C(C)C. The quantitative estimate of drug-likeness (QED) is 0.791. The van der Waals surface area contributed by atoms with Crippen molar-refractivity contribution in [1.82, 2.24) is 9.78 Å². The Morgan fingerprint density at radius 1 is 1.26 bits per heavy atom. The zero-order valence-corrected chi connectivity index (χ0v) is 11.7. The van der Waals surface area contributed by atoms with Gasteiger partial charge in [-0.05, 0) is 31.2 Å². The summed E-state index contributed by atoms with van der Waals surface area (Å²) in [4.78, 5) is 0. The minimum atomic E-state index is -4.19. The first kappa shape index (κ1) is 14.4. The van der Waals surface area contributed by atoms with Crippen molar-refractivity contribution in [3.8, 4) is 0 Å². The molecule has 0 unspecified atom stereocenters. The number of hydrogen-bond acceptors (Lipinski definition) is 1. The van der Waals surface area contributed by atoms with Crippen molar-refractivity contribution >= 4 is 0 Å². The molecule has 5 heteroatoms. The van der Waals surface area contributed by atoms with Gasteiger partial charge < -0.3 is 0 Å². The molecule has 0 radical (unpaired) electrons. The van der Waals surface area contributed by atoms with E-state index in [1.54, 1.807) is 6.92 Å². The van der Waals surface area contributed by atoms with Crippen LogP contribution in [0, 0.1) is 6.92 Å². The summed E-state index contributed by atoms with van der Waals surface area (Å²) in [6.07, 6.45) is -0.740. The van der Waals surface area contributed by atoms with Crippen molar-refractivity contribution < 1.29 is 13.2 Å². The summed E-state index contributed by atoms with van der Waals surface area (Å²) in [5.41, 5.74) is 1.90. The van der Waals surface area contributed by atoms with Crippen molar-refractivity contribution in [1.29, 1.82) is 0 Å². The molecule has 0 N–H and O–H groups in total. The highest BCUT2D eigenvalue weighted by Crippen LogP contribution is 2.35. The first-order valence-corrected chi connectivity index (χ1v) is 6.94. The van der Waals surface area contributed by atoms with E-state index in [-0.39, 0.29) is 17.7 Å². The Morgan fingerprint density at radius 2 is 1.84 bits per heavy atom. The van der Waals surface area contributed by atoms with Gasteiger partial charge in [-0.1, -0.05) is 26.7 Å². The third kappa shape index (κ3) is 3.12.